The minimum absolute atomic E-state index is 0. The standard InChI is InChI=1S/C18H22N2OS.ClH/c1-12-7-8-16-14(9-12)10-17(22-16)18(21)20-11-15(19)13-5-3-2-4-6-13;/h2-6,10,12,15H,7-9,11,19H2,1H3,(H,20,21);1H. The minimum Gasteiger partial charge on any atom is -0.349 e. The second kappa shape index (κ2) is 7.95. The van der Waals surface area contributed by atoms with Gasteiger partial charge >= 0.3 is 0 Å². The molecule has 2 unspecified atom stereocenters. The summed E-state index contributed by atoms with van der Waals surface area (Å²) in [5.74, 6) is 0.725. The SMILES string of the molecule is CC1CCc2sc(C(=O)NCC(N)c3ccccc3)cc2C1.Cl. The van der Waals surface area contributed by atoms with E-state index in [-0.39, 0.29) is 24.4 Å². The molecule has 1 aromatic heterocycles. The number of carbonyl (C=O) groups excluding carboxylic acids is 1. The molecule has 1 aromatic carbocycles. The first-order valence-corrected chi connectivity index (χ1v) is 8.65. The molecule has 0 saturated carbocycles. The van der Waals surface area contributed by atoms with E-state index in [2.05, 4.69) is 18.3 Å². The molecule has 3 N–H and O–H groups in total. The Morgan fingerprint density at radius 1 is 1.39 bits per heavy atom. The fourth-order valence-corrected chi connectivity index (χ4v) is 4.05. The molecule has 5 heteroatoms. The van der Waals surface area contributed by atoms with Gasteiger partial charge in [-0.1, -0.05) is 37.3 Å². The minimum atomic E-state index is -0.167. The third kappa shape index (κ3) is 4.34. The topological polar surface area (TPSA) is 55.1 Å². The number of thiophene rings is 1. The van der Waals surface area contributed by atoms with Crippen LogP contribution < -0.4 is 11.1 Å². The van der Waals surface area contributed by atoms with E-state index in [1.54, 1.807) is 11.3 Å². The molecule has 23 heavy (non-hydrogen) atoms. The smallest absolute Gasteiger partial charge is 0.261 e. The van der Waals surface area contributed by atoms with Crippen molar-refractivity contribution >= 4 is 29.7 Å². The molecule has 0 spiro atoms. The number of fused-ring (bicyclic) bond motifs is 1. The van der Waals surface area contributed by atoms with Gasteiger partial charge in [0.05, 0.1) is 4.88 Å². The zero-order valence-electron chi connectivity index (χ0n) is 13.2. The van der Waals surface area contributed by atoms with Crippen molar-refractivity contribution in [2.24, 2.45) is 11.7 Å². The van der Waals surface area contributed by atoms with Crippen LogP contribution in [0.5, 0.6) is 0 Å². The van der Waals surface area contributed by atoms with Crippen LogP contribution in [0, 0.1) is 5.92 Å². The summed E-state index contributed by atoms with van der Waals surface area (Å²) in [7, 11) is 0. The Morgan fingerprint density at radius 3 is 2.87 bits per heavy atom. The first-order chi connectivity index (χ1) is 10.6. The van der Waals surface area contributed by atoms with Crippen molar-refractivity contribution in [3.05, 3.63) is 57.3 Å². The number of rotatable bonds is 4. The fourth-order valence-electron chi connectivity index (χ4n) is 2.93. The zero-order chi connectivity index (χ0) is 15.5. The van der Waals surface area contributed by atoms with Crippen molar-refractivity contribution < 1.29 is 4.79 Å². The summed E-state index contributed by atoms with van der Waals surface area (Å²) in [6, 6.07) is 11.8. The lowest BCUT2D eigenvalue weighted by Gasteiger charge is -2.16. The Morgan fingerprint density at radius 2 is 2.13 bits per heavy atom. The van der Waals surface area contributed by atoms with Crippen molar-refractivity contribution in [2.45, 2.75) is 32.2 Å². The maximum atomic E-state index is 12.3. The van der Waals surface area contributed by atoms with Gasteiger partial charge in [-0.25, -0.2) is 0 Å². The molecule has 3 nitrogen and oxygen atoms in total. The van der Waals surface area contributed by atoms with Gasteiger partial charge in [0.1, 0.15) is 0 Å². The molecule has 0 bridgehead atoms. The molecule has 1 heterocycles. The molecule has 1 aliphatic rings. The predicted octanol–water partition coefficient (Wildman–Crippen LogP) is 3.72. The molecule has 0 aliphatic heterocycles. The van der Waals surface area contributed by atoms with Crippen molar-refractivity contribution in [2.75, 3.05) is 6.54 Å². The highest BCUT2D eigenvalue weighted by atomic mass is 35.5. The number of halogens is 1. The summed E-state index contributed by atoms with van der Waals surface area (Å²) in [6.07, 6.45) is 3.44. The number of hydrogen-bond acceptors (Lipinski definition) is 3. The molecule has 2 atom stereocenters. The van der Waals surface area contributed by atoms with Crippen molar-refractivity contribution in [1.82, 2.24) is 5.32 Å². The van der Waals surface area contributed by atoms with Crippen LogP contribution in [0.2, 0.25) is 0 Å². The summed E-state index contributed by atoms with van der Waals surface area (Å²) < 4.78 is 0. The lowest BCUT2D eigenvalue weighted by molar-refractivity contribution is 0.0955. The maximum absolute atomic E-state index is 12.3. The third-order valence-electron chi connectivity index (χ3n) is 4.26. The number of benzene rings is 1. The normalized spacial score (nSPS) is 17.7. The fraction of sp³-hybridized carbons (Fsp3) is 0.389. The number of carbonyl (C=O) groups is 1. The van der Waals surface area contributed by atoms with Gasteiger partial charge in [0.2, 0.25) is 0 Å². The molecule has 0 saturated heterocycles. The quantitative estimate of drug-likeness (QED) is 0.882. The largest absolute Gasteiger partial charge is 0.349 e. The molecular weight excluding hydrogens is 328 g/mol. The Hall–Kier alpha value is -1.36. The number of amides is 1. The molecule has 0 radical (unpaired) electrons. The number of aryl methyl sites for hydroxylation is 1. The Bertz CT molecular complexity index is 656. The molecule has 1 aliphatic carbocycles. The van der Waals surface area contributed by atoms with Crippen LogP contribution in [-0.2, 0) is 12.8 Å². The van der Waals surface area contributed by atoms with Crippen LogP contribution in [0.1, 0.15) is 45.1 Å². The summed E-state index contributed by atoms with van der Waals surface area (Å²) in [4.78, 5) is 14.5. The Kier molecular flexibility index (Phi) is 6.22. The molecule has 2 aromatic rings. The van der Waals surface area contributed by atoms with Gasteiger partial charge < -0.3 is 11.1 Å². The first kappa shape index (κ1) is 18.0. The van der Waals surface area contributed by atoms with Gasteiger partial charge in [0.15, 0.2) is 0 Å². The van der Waals surface area contributed by atoms with Crippen LogP contribution in [0.15, 0.2) is 36.4 Å². The van der Waals surface area contributed by atoms with E-state index in [0.29, 0.717) is 6.54 Å². The van der Waals surface area contributed by atoms with Crippen LogP contribution in [0.25, 0.3) is 0 Å². The van der Waals surface area contributed by atoms with Crippen molar-refractivity contribution in [3.63, 3.8) is 0 Å². The number of nitrogens with one attached hydrogen (secondary N) is 1. The van der Waals surface area contributed by atoms with Gasteiger partial charge in [-0.05, 0) is 42.4 Å². The highest BCUT2D eigenvalue weighted by Gasteiger charge is 2.20. The zero-order valence-corrected chi connectivity index (χ0v) is 14.9. The Balaban J connectivity index is 0.00000192. The second-order valence-electron chi connectivity index (χ2n) is 6.13. The van der Waals surface area contributed by atoms with Crippen LogP contribution in [0.3, 0.4) is 0 Å². The first-order valence-electron chi connectivity index (χ1n) is 7.84. The van der Waals surface area contributed by atoms with Gasteiger partial charge in [-0.15, -0.1) is 23.7 Å². The summed E-state index contributed by atoms with van der Waals surface area (Å²) in [5, 5.41) is 2.96. The van der Waals surface area contributed by atoms with E-state index in [1.165, 1.54) is 16.9 Å². The third-order valence-corrected chi connectivity index (χ3v) is 5.50. The van der Waals surface area contributed by atoms with E-state index >= 15 is 0 Å². The van der Waals surface area contributed by atoms with E-state index in [9.17, 15) is 4.79 Å². The van der Waals surface area contributed by atoms with Gasteiger partial charge in [0.25, 0.3) is 5.91 Å². The molecule has 3 rings (SSSR count). The van der Waals surface area contributed by atoms with E-state index < -0.39 is 0 Å². The van der Waals surface area contributed by atoms with Gasteiger partial charge in [-0.3, -0.25) is 4.79 Å². The van der Waals surface area contributed by atoms with Crippen LogP contribution >= 0.6 is 23.7 Å². The van der Waals surface area contributed by atoms with E-state index in [1.807, 2.05) is 30.3 Å². The van der Waals surface area contributed by atoms with Gasteiger partial charge in [-0.2, -0.15) is 0 Å². The number of nitrogens with two attached hydrogens (primary N) is 1. The average molecular weight is 351 g/mol. The Labute approximate surface area is 147 Å². The van der Waals surface area contributed by atoms with Crippen molar-refractivity contribution in [3.8, 4) is 0 Å². The van der Waals surface area contributed by atoms with Crippen LogP contribution in [-0.4, -0.2) is 12.5 Å². The monoisotopic (exact) mass is 350 g/mol. The lowest BCUT2D eigenvalue weighted by Crippen LogP contribution is -2.31. The van der Waals surface area contributed by atoms with Crippen LogP contribution in [0.4, 0.5) is 0 Å². The van der Waals surface area contributed by atoms with Gasteiger partial charge in [0, 0.05) is 17.5 Å². The summed E-state index contributed by atoms with van der Waals surface area (Å²) >= 11 is 1.64. The molecule has 1 amide bonds. The summed E-state index contributed by atoms with van der Waals surface area (Å²) in [6.45, 7) is 2.74. The second-order valence-corrected chi connectivity index (χ2v) is 7.27. The summed E-state index contributed by atoms with van der Waals surface area (Å²) in [5.41, 5.74) is 8.53. The van der Waals surface area contributed by atoms with E-state index in [4.69, 9.17) is 5.73 Å². The highest BCUT2D eigenvalue weighted by Crippen LogP contribution is 2.32. The molecular formula is C18H23ClN2OS. The lowest BCUT2D eigenvalue weighted by atomic mass is 9.90. The highest BCUT2D eigenvalue weighted by molar-refractivity contribution is 7.14. The molecule has 124 valence electrons. The van der Waals surface area contributed by atoms with E-state index in [0.717, 1.165) is 29.2 Å². The van der Waals surface area contributed by atoms with Crippen molar-refractivity contribution in [1.29, 1.82) is 0 Å². The number of hydrogen-bond donors (Lipinski definition) is 2. The predicted molar refractivity (Wildman–Crippen MR) is 98.5 cm³/mol. The molecule has 0 fully saturated rings. The maximum Gasteiger partial charge on any atom is 0.261 e. The average Bonchev–Trinajstić information content (AvgIpc) is 2.96.